The van der Waals surface area contributed by atoms with Crippen LogP contribution in [0.5, 0.6) is 0 Å². The summed E-state index contributed by atoms with van der Waals surface area (Å²) in [6.07, 6.45) is 5.18. The first-order valence-corrected chi connectivity index (χ1v) is 6.62. The Bertz CT molecular complexity index is 544. The number of rotatable bonds is 2. The molecule has 0 aromatic carbocycles. The van der Waals surface area contributed by atoms with Crippen LogP contribution in [0.15, 0.2) is 0 Å². The van der Waals surface area contributed by atoms with Crippen molar-refractivity contribution in [2.75, 3.05) is 26.3 Å². The summed E-state index contributed by atoms with van der Waals surface area (Å²) in [5, 5.41) is 7.13. The lowest BCUT2D eigenvalue weighted by Crippen LogP contribution is -2.48. The Hall–Kier alpha value is -2.00. The van der Waals surface area contributed by atoms with Gasteiger partial charge in [-0.15, -0.1) is 6.42 Å². The maximum absolute atomic E-state index is 12.2. The zero-order valence-electron chi connectivity index (χ0n) is 12.1. The van der Waals surface area contributed by atoms with Gasteiger partial charge in [0.25, 0.3) is 0 Å². The summed E-state index contributed by atoms with van der Waals surface area (Å²) in [6, 6.07) is -0.269. The summed E-state index contributed by atoms with van der Waals surface area (Å²) < 4.78 is 7.37. The van der Waals surface area contributed by atoms with E-state index in [-0.39, 0.29) is 18.6 Å². The lowest BCUT2D eigenvalue weighted by molar-refractivity contribution is 0.0114. The zero-order valence-corrected chi connectivity index (χ0v) is 12.1. The monoisotopic (exact) mass is 276 g/mol. The van der Waals surface area contributed by atoms with Crippen LogP contribution in [0, 0.1) is 26.2 Å². The molecule has 1 aromatic rings. The second kappa shape index (κ2) is 5.97. The fraction of sp³-hybridized carbons (Fsp3) is 0.571. The molecule has 0 radical (unpaired) electrons. The maximum Gasteiger partial charge on any atom is 0.318 e. The van der Waals surface area contributed by atoms with Crippen LogP contribution in [-0.4, -0.2) is 47.0 Å². The van der Waals surface area contributed by atoms with Gasteiger partial charge in [-0.1, -0.05) is 5.92 Å². The molecule has 0 aliphatic carbocycles. The van der Waals surface area contributed by atoms with E-state index < -0.39 is 0 Å². The van der Waals surface area contributed by atoms with Gasteiger partial charge in [0.15, 0.2) is 0 Å². The van der Waals surface area contributed by atoms with Crippen molar-refractivity contribution in [3.05, 3.63) is 17.0 Å². The van der Waals surface area contributed by atoms with E-state index in [1.165, 1.54) is 0 Å². The molecule has 0 bridgehead atoms. The van der Waals surface area contributed by atoms with Crippen LogP contribution >= 0.6 is 0 Å². The van der Waals surface area contributed by atoms with Crippen LogP contribution in [0.2, 0.25) is 0 Å². The smallest absolute Gasteiger partial charge is 0.318 e. The minimum atomic E-state index is -0.154. The van der Waals surface area contributed by atoms with Crippen molar-refractivity contribution in [2.24, 2.45) is 7.05 Å². The summed E-state index contributed by atoms with van der Waals surface area (Å²) in [7, 11) is 1.90. The van der Waals surface area contributed by atoms with Crippen LogP contribution in [-0.2, 0) is 11.8 Å². The van der Waals surface area contributed by atoms with E-state index in [4.69, 9.17) is 11.2 Å². The molecule has 1 unspecified atom stereocenters. The van der Waals surface area contributed by atoms with E-state index in [9.17, 15) is 4.79 Å². The number of morpholine rings is 1. The van der Waals surface area contributed by atoms with Gasteiger partial charge in [0.1, 0.15) is 0 Å². The number of carbonyl (C=O) groups is 1. The minimum absolute atomic E-state index is 0.116. The number of ether oxygens (including phenoxy) is 1. The molecule has 1 aliphatic rings. The Balaban J connectivity index is 2.27. The van der Waals surface area contributed by atoms with Crippen molar-refractivity contribution in [1.29, 1.82) is 0 Å². The molecule has 2 rings (SSSR count). The standard InChI is InChI=1S/C14H20N4O2/c1-5-6-15-14(19)18-7-8-20-9-12(18)13-10(2)16-17(4)11(13)3/h1,12H,6-9H2,2-4H3,(H,15,19). The molecule has 1 fully saturated rings. The Morgan fingerprint density at radius 2 is 2.35 bits per heavy atom. The molecule has 1 saturated heterocycles. The first-order valence-electron chi connectivity index (χ1n) is 6.62. The Morgan fingerprint density at radius 3 is 2.95 bits per heavy atom. The number of aromatic nitrogens is 2. The number of nitrogens with zero attached hydrogens (tertiary/aromatic N) is 3. The Labute approximate surface area is 119 Å². The van der Waals surface area contributed by atoms with Crippen molar-refractivity contribution in [2.45, 2.75) is 19.9 Å². The highest BCUT2D eigenvalue weighted by Gasteiger charge is 2.32. The van der Waals surface area contributed by atoms with Crippen LogP contribution in [0.4, 0.5) is 4.79 Å². The number of hydrogen-bond donors (Lipinski definition) is 1. The van der Waals surface area contributed by atoms with E-state index >= 15 is 0 Å². The van der Waals surface area contributed by atoms with Gasteiger partial charge in [-0.3, -0.25) is 4.68 Å². The highest BCUT2D eigenvalue weighted by molar-refractivity contribution is 5.75. The minimum Gasteiger partial charge on any atom is -0.377 e. The fourth-order valence-electron chi connectivity index (χ4n) is 2.59. The van der Waals surface area contributed by atoms with Gasteiger partial charge in [-0.25, -0.2) is 4.79 Å². The number of carbonyl (C=O) groups excluding carboxylic acids is 1. The summed E-state index contributed by atoms with van der Waals surface area (Å²) >= 11 is 0. The third-order valence-electron chi connectivity index (χ3n) is 3.63. The molecular formula is C14H20N4O2. The van der Waals surface area contributed by atoms with Crippen LogP contribution < -0.4 is 5.32 Å². The number of nitrogens with one attached hydrogen (secondary N) is 1. The van der Waals surface area contributed by atoms with Crippen LogP contribution in [0.1, 0.15) is 23.0 Å². The lowest BCUT2D eigenvalue weighted by atomic mass is 10.0. The molecule has 1 atom stereocenters. The third kappa shape index (κ3) is 2.63. The Morgan fingerprint density at radius 1 is 1.60 bits per heavy atom. The number of amides is 2. The lowest BCUT2D eigenvalue weighted by Gasteiger charge is -2.35. The topological polar surface area (TPSA) is 59.4 Å². The molecule has 6 nitrogen and oxygen atoms in total. The van der Waals surface area contributed by atoms with Crippen molar-refractivity contribution in [1.82, 2.24) is 20.0 Å². The van der Waals surface area contributed by atoms with Gasteiger partial charge in [0.2, 0.25) is 0 Å². The van der Waals surface area contributed by atoms with E-state index in [2.05, 4.69) is 16.3 Å². The molecule has 0 saturated carbocycles. The number of urea groups is 1. The van der Waals surface area contributed by atoms with Gasteiger partial charge in [-0.2, -0.15) is 5.10 Å². The number of aryl methyl sites for hydroxylation is 2. The summed E-state index contributed by atoms with van der Waals surface area (Å²) in [5.41, 5.74) is 3.03. The summed E-state index contributed by atoms with van der Waals surface area (Å²) in [6.45, 7) is 5.76. The van der Waals surface area contributed by atoms with Gasteiger partial charge < -0.3 is 15.0 Å². The van der Waals surface area contributed by atoms with Crippen molar-refractivity contribution in [3.63, 3.8) is 0 Å². The van der Waals surface area contributed by atoms with Crippen molar-refractivity contribution >= 4 is 6.03 Å². The van der Waals surface area contributed by atoms with E-state index in [1.54, 1.807) is 4.90 Å². The number of terminal acetylenes is 1. The first kappa shape index (κ1) is 14.4. The second-order valence-electron chi connectivity index (χ2n) is 4.86. The van der Waals surface area contributed by atoms with Crippen LogP contribution in [0.3, 0.4) is 0 Å². The SMILES string of the molecule is C#CCNC(=O)N1CCOCC1c1c(C)nn(C)c1C. The molecule has 1 aromatic heterocycles. The second-order valence-corrected chi connectivity index (χ2v) is 4.86. The van der Waals surface area contributed by atoms with Gasteiger partial charge in [0.05, 0.1) is 31.5 Å². The van der Waals surface area contributed by atoms with Gasteiger partial charge >= 0.3 is 6.03 Å². The predicted octanol–water partition coefficient (Wildman–Crippen LogP) is 0.753. The average Bonchev–Trinajstić information content (AvgIpc) is 2.69. The molecule has 2 heterocycles. The quantitative estimate of drug-likeness (QED) is 0.811. The average molecular weight is 276 g/mol. The molecular weight excluding hydrogens is 256 g/mol. The summed E-state index contributed by atoms with van der Waals surface area (Å²) in [5.74, 6) is 2.41. The molecule has 6 heteroatoms. The first-order chi connectivity index (χ1) is 9.56. The van der Waals surface area contributed by atoms with Crippen molar-refractivity contribution in [3.8, 4) is 12.3 Å². The fourth-order valence-corrected chi connectivity index (χ4v) is 2.59. The highest BCUT2D eigenvalue weighted by atomic mass is 16.5. The molecule has 1 aliphatic heterocycles. The number of hydrogen-bond acceptors (Lipinski definition) is 3. The molecule has 2 amide bonds. The van der Waals surface area contributed by atoms with E-state index in [0.717, 1.165) is 17.0 Å². The predicted molar refractivity (Wildman–Crippen MR) is 75.2 cm³/mol. The summed E-state index contributed by atoms with van der Waals surface area (Å²) in [4.78, 5) is 14.0. The van der Waals surface area contributed by atoms with Gasteiger partial charge in [0, 0.05) is 24.8 Å². The van der Waals surface area contributed by atoms with E-state index in [0.29, 0.717) is 19.8 Å². The third-order valence-corrected chi connectivity index (χ3v) is 3.63. The van der Waals surface area contributed by atoms with Gasteiger partial charge in [-0.05, 0) is 13.8 Å². The maximum atomic E-state index is 12.2. The van der Waals surface area contributed by atoms with E-state index in [1.807, 2.05) is 25.6 Å². The molecule has 108 valence electrons. The zero-order chi connectivity index (χ0) is 14.7. The van der Waals surface area contributed by atoms with Crippen molar-refractivity contribution < 1.29 is 9.53 Å². The normalized spacial score (nSPS) is 18.7. The highest BCUT2D eigenvalue weighted by Crippen LogP contribution is 2.29. The largest absolute Gasteiger partial charge is 0.377 e. The molecule has 0 spiro atoms. The van der Waals surface area contributed by atoms with Crippen LogP contribution in [0.25, 0.3) is 0 Å². The molecule has 1 N–H and O–H groups in total. The molecule has 20 heavy (non-hydrogen) atoms. The Kier molecular flexibility index (Phi) is 4.30.